The van der Waals surface area contributed by atoms with Crippen molar-refractivity contribution in [2.75, 3.05) is 18.1 Å². The maximum Gasteiger partial charge on any atom is 0.225 e. The predicted molar refractivity (Wildman–Crippen MR) is 83.9 cm³/mol. The molecule has 1 N–H and O–H groups in total. The summed E-state index contributed by atoms with van der Waals surface area (Å²) >= 11 is 1.50. The van der Waals surface area contributed by atoms with Crippen molar-refractivity contribution in [2.24, 2.45) is 0 Å². The van der Waals surface area contributed by atoms with Crippen LogP contribution in [-0.2, 0) is 6.42 Å². The Morgan fingerprint density at radius 1 is 1.20 bits per heavy atom. The second kappa shape index (κ2) is 7.14. The van der Waals surface area contributed by atoms with Gasteiger partial charge in [-0.2, -0.15) is 4.98 Å². The fraction of sp³-hybridized carbons (Fsp3) is 0.333. The largest absolute Gasteiger partial charge is 0.439 e. The van der Waals surface area contributed by atoms with Crippen molar-refractivity contribution < 1.29 is 4.74 Å². The molecule has 0 aliphatic rings. The molecule has 0 aliphatic heterocycles. The van der Waals surface area contributed by atoms with Crippen LogP contribution >= 0.6 is 11.8 Å². The Labute approximate surface area is 124 Å². The van der Waals surface area contributed by atoms with Crippen LogP contribution in [-0.4, -0.2) is 22.8 Å². The summed E-state index contributed by atoms with van der Waals surface area (Å²) < 4.78 is 5.93. The molecule has 2 aromatic rings. The van der Waals surface area contributed by atoms with Crippen molar-refractivity contribution in [1.82, 2.24) is 9.97 Å². The van der Waals surface area contributed by atoms with Gasteiger partial charge in [-0.05, 0) is 31.2 Å². The summed E-state index contributed by atoms with van der Waals surface area (Å²) in [6, 6.07) is 9.85. The lowest BCUT2D eigenvalue weighted by atomic mass is 10.1. The van der Waals surface area contributed by atoms with Gasteiger partial charge in [-0.15, -0.1) is 0 Å². The topological polar surface area (TPSA) is 47.0 Å². The van der Waals surface area contributed by atoms with Crippen molar-refractivity contribution in [1.29, 1.82) is 0 Å². The van der Waals surface area contributed by atoms with E-state index in [1.807, 2.05) is 37.4 Å². The third-order valence-corrected chi connectivity index (χ3v) is 3.34. The molecule has 0 spiro atoms. The molecule has 0 radical (unpaired) electrons. The number of para-hydroxylation sites is 1. The van der Waals surface area contributed by atoms with Crippen LogP contribution in [0, 0.1) is 0 Å². The van der Waals surface area contributed by atoms with Gasteiger partial charge in [0.2, 0.25) is 5.88 Å². The van der Waals surface area contributed by atoms with E-state index in [-0.39, 0.29) is 0 Å². The molecule has 2 rings (SSSR count). The molecular formula is C15H19N3OS. The minimum absolute atomic E-state index is 0.571. The van der Waals surface area contributed by atoms with E-state index in [2.05, 4.69) is 28.3 Å². The van der Waals surface area contributed by atoms with Crippen LogP contribution in [0.3, 0.4) is 0 Å². The van der Waals surface area contributed by atoms with Crippen LogP contribution in [0.25, 0.3) is 0 Å². The third-order valence-electron chi connectivity index (χ3n) is 2.79. The summed E-state index contributed by atoms with van der Waals surface area (Å²) in [5.41, 5.74) is 1.17. The van der Waals surface area contributed by atoms with Gasteiger partial charge in [-0.25, -0.2) is 4.98 Å². The Balaban J connectivity index is 2.30. The molecule has 20 heavy (non-hydrogen) atoms. The van der Waals surface area contributed by atoms with Gasteiger partial charge in [-0.3, -0.25) is 0 Å². The molecule has 1 aromatic heterocycles. The minimum Gasteiger partial charge on any atom is -0.439 e. The first-order valence-corrected chi connectivity index (χ1v) is 7.92. The van der Waals surface area contributed by atoms with Crippen LogP contribution in [0.4, 0.5) is 5.82 Å². The number of ether oxygens (including phenoxy) is 1. The standard InChI is InChI=1S/C15H19N3OS/c1-4-11-8-6-7-9-12(11)19-14-10-13(16-5-2)17-15(18-14)20-3/h6-10H,4-5H2,1-3H3,(H,16,17,18). The van der Waals surface area contributed by atoms with Crippen LogP contribution < -0.4 is 10.1 Å². The number of hydrogen-bond acceptors (Lipinski definition) is 5. The van der Waals surface area contributed by atoms with Crippen molar-refractivity contribution >= 4 is 17.6 Å². The summed E-state index contributed by atoms with van der Waals surface area (Å²) in [6.07, 6.45) is 2.88. The number of anilines is 1. The normalized spacial score (nSPS) is 10.3. The first-order valence-electron chi connectivity index (χ1n) is 6.69. The van der Waals surface area contributed by atoms with Gasteiger partial charge < -0.3 is 10.1 Å². The molecular weight excluding hydrogens is 270 g/mol. The molecule has 1 aromatic carbocycles. The summed E-state index contributed by atoms with van der Waals surface area (Å²) in [6.45, 7) is 4.96. The molecule has 0 bridgehead atoms. The molecule has 0 amide bonds. The quantitative estimate of drug-likeness (QED) is 0.643. The Bertz CT molecular complexity index is 575. The molecule has 106 valence electrons. The fourth-order valence-corrected chi connectivity index (χ4v) is 2.20. The highest BCUT2D eigenvalue weighted by Gasteiger charge is 2.08. The third kappa shape index (κ3) is 3.63. The maximum atomic E-state index is 5.93. The summed E-state index contributed by atoms with van der Waals surface area (Å²) in [4.78, 5) is 8.78. The Morgan fingerprint density at radius 2 is 2.00 bits per heavy atom. The van der Waals surface area contributed by atoms with Gasteiger partial charge in [0.1, 0.15) is 11.6 Å². The first-order chi connectivity index (χ1) is 9.76. The first kappa shape index (κ1) is 14.7. The van der Waals surface area contributed by atoms with E-state index in [9.17, 15) is 0 Å². The van der Waals surface area contributed by atoms with Gasteiger partial charge in [0.05, 0.1) is 0 Å². The van der Waals surface area contributed by atoms with Crippen LogP contribution in [0.5, 0.6) is 11.6 Å². The summed E-state index contributed by atoms with van der Waals surface area (Å²) in [5.74, 6) is 2.21. The van der Waals surface area contributed by atoms with Gasteiger partial charge >= 0.3 is 0 Å². The van der Waals surface area contributed by atoms with Crippen LogP contribution in [0.1, 0.15) is 19.4 Å². The summed E-state index contributed by atoms with van der Waals surface area (Å²) in [7, 11) is 0. The smallest absolute Gasteiger partial charge is 0.225 e. The maximum absolute atomic E-state index is 5.93. The second-order valence-corrected chi connectivity index (χ2v) is 4.95. The number of aromatic nitrogens is 2. The molecule has 0 aliphatic carbocycles. The molecule has 1 heterocycles. The van der Waals surface area contributed by atoms with Gasteiger partial charge in [0.15, 0.2) is 5.16 Å². The number of benzene rings is 1. The molecule has 0 unspecified atom stereocenters. The number of nitrogens with zero attached hydrogens (tertiary/aromatic N) is 2. The highest BCUT2D eigenvalue weighted by atomic mass is 32.2. The zero-order valence-electron chi connectivity index (χ0n) is 12.0. The van der Waals surface area contributed by atoms with Crippen molar-refractivity contribution in [3.05, 3.63) is 35.9 Å². The Kier molecular flexibility index (Phi) is 5.24. The monoisotopic (exact) mass is 289 g/mol. The lowest BCUT2D eigenvalue weighted by Crippen LogP contribution is -2.02. The molecule has 0 fully saturated rings. The number of rotatable bonds is 6. The lowest BCUT2D eigenvalue weighted by molar-refractivity contribution is 0.451. The van der Waals surface area contributed by atoms with Crippen LogP contribution in [0.15, 0.2) is 35.5 Å². The minimum atomic E-state index is 0.571. The Morgan fingerprint density at radius 3 is 2.70 bits per heavy atom. The van der Waals surface area contributed by atoms with Crippen molar-refractivity contribution in [3.8, 4) is 11.6 Å². The van der Waals surface area contributed by atoms with Crippen molar-refractivity contribution in [3.63, 3.8) is 0 Å². The van der Waals surface area contributed by atoms with Gasteiger partial charge in [0.25, 0.3) is 0 Å². The van der Waals surface area contributed by atoms with E-state index in [0.717, 1.165) is 24.5 Å². The number of hydrogen-bond donors (Lipinski definition) is 1. The van der Waals surface area contributed by atoms with E-state index in [1.165, 1.54) is 17.3 Å². The number of aryl methyl sites for hydroxylation is 1. The zero-order chi connectivity index (χ0) is 14.4. The predicted octanol–water partition coefficient (Wildman–Crippen LogP) is 3.99. The van der Waals surface area contributed by atoms with E-state index >= 15 is 0 Å². The lowest BCUT2D eigenvalue weighted by Gasteiger charge is -2.11. The average molecular weight is 289 g/mol. The molecule has 5 heteroatoms. The van der Waals surface area contributed by atoms with Gasteiger partial charge in [-0.1, -0.05) is 36.9 Å². The molecule has 0 saturated heterocycles. The van der Waals surface area contributed by atoms with Crippen LogP contribution in [0.2, 0.25) is 0 Å². The average Bonchev–Trinajstić information content (AvgIpc) is 2.48. The SMILES string of the molecule is CCNc1cc(Oc2ccccc2CC)nc(SC)n1. The highest BCUT2D eigenvalue weighted by Crippen LogP contribution is 2.27. The fourth-order valence-electron chi connectivity index (χ4n) is 1.83. The van der Waals surface area contributed by atoms with E-state index in [1.54, 1.807) is 0 Å². The van der Waals surface area contributed by atoms with Crippen molar-refractivity contribution in [2.45, 2.75) is 25.4 Å². The molecule has 4 nitrogen and oxygen atoms in total. The molecule has 0 saturated carbocycles. The van der Waals surface area contributed by atoms with E-state index in [4.69, 9.17) is 4.74 Å². The van der Waals surface area contributed by atoms with Gasteiger partial charge in [0, 0.05) is 12.6 Å². The Hall–Kier alpha value is -1.75. The number of nitrogens with one attached hydrogen (secondary N) is 1. The highest BCUT2D eigenvalue weighted by molar-refractivity contribution is 7.98. The molecule has 0 atom stereocenters. The summed E-state index contributed by atoms with van der Waals surface area (Å²) in [5, 5.41) is 3.89. The second-order valence-electron chi connectivity index (χ2n) is 4.17. The zero-order valence-corrected chi connectivity index (χ0v) is 12.8. The van der Waals surface area contributed by atoms with E-state index < -0.39 is 0 Å². The van der Waals surface area contributed by atoms with E-state index in [0.29, 0.717) is 11.0 Å². The number of thioether (sulfide) groups is 1.